The summed E-state index contributed by atoms with van der Waals surface area (Å²) in [6.45, 7) is -0.374. The van der Waals surface area contributed by atoms with E-state index in [1.54, 1.807) is 0 Å². The van der Waals surface area contributed by atoms with Crippen molar-refractivity contribution in [3.8, 4) is 0 Å². The molecule has 1 heterocycles. The molecule has 0 amide bonds. The summed E-state index contributed by atoms with van der Waals surface area (Å²) < 4.78 is 51.0. The maximum atomic E-state index is 13.2. The Balaban J connectivity index is 1.97. The van der Waals surface area contributed by atoms with Gasteiger partial charge in [0.25, 0.3) is 10.0 Å². The van der Waals surface area contributed by atoms with Gasteiger partial charge in [-0.3, -0.25) is 14.1 Å². The van der Waals surface area contributed by atoms with Crippen LogP contribution in [-0.4, -0.2) is 26.1 Å². The van der Waals surface area contributed by atoms with Gasteiger partial charge in [0.05, 0.1) is 28.2 Å². The van der Waals surface area contributed by atoms with Gasteiger partial charge in [0.15, 0.2) is 5.58 Å². The van der Waals surface area contributed by atoms with E-state index in [0.29, 0.717) is 0 Å². The van der Waals surface area contributed by atoms with Crippen molar-refractivity contribution in [1.82, 2.24) is 4.57 Å². The molecular formula is C16H12ClFN2O6S. The van der Waals surface area contributed by atoms with Crippen LogP contribution in [-0.2, 0) is 26.1 Å². The lowest BCUT2D eigenvalue weighted by Gasteiger charge is -2.09. The minimum absolute atomic E-state index is 0.0242. The fraction of sp³-hybridized carbons (Fsp3) is 0.125. The second-order valence-electron chi connectivity index (χ2n) is 5.39. The predicted molar refractivity (Wildman–Crippen MR) is 94.7 cm³/mol. The summed E-state index contributed by atoms with van der Waals surface area (Å²) in [4.78, 5) is 23.1. The van der Waals surface area contributed by atoms with E-state index in [-0.39, 0.29) is 33.2 Å². The average molecular weight is 415 g/mol. The van der Waals surface area contributed by atoms with Crippen LogP contribution in [0.5, 0.6) is 0 Å². The van der Waals surface area contributed by atoms with Gasteiger partial charge in [-0.15, -0.1) is 0 Å². The number of nitrogens with zero attached hydrogens (tertiary/aromatic N) is 1. The Labute approximate surface area is 157 Å². The molecule has 0 aliphatic heterocycles. The quantitative estimate of drug-likeness (QED) is 0.642. The molecule has 0 radical (unpaired) electrons. The number of esters is 1. The number of halogens is 2. The van der Waals surface area contributed by atoms with Gasteiger partial charge in [-0.2, -0.15) is 0 Å². The predicted octanol–water partition coefficient (Wildman–Crippen LogP) is 2.36. The maximum Gasteiger partial charge on any atom is 0.420 e. The molecule has 1 N–H and O–H groups in total. The number of hydrogen-bond acceptors (Lipinski definition) is 6. The monoisotopic (exact) mass is 414 g/mol. The SMILES string of the molecule is COC(=O)Cn1c(=O)oc2cc(S(=O)(=O)Nc3ccc(F)c(Cl)c3)ccc21. The van der Waals surface area contributed by atoms with Crippen LogP contribution in [0.25, 0.3) is 11.1 Å². The van der Waals surface area contributed by atoms with E-state index < -0.39 is 27.6 Å². The summed E-state index contributed by atoms with van der Waals surface area (Å²) in [5.41, 5.74) is 0.268. The van der Waals surface area contributed by atoms with E-state index in [4.69, 9.17) is 16.0 Å². The molecule has 0 saturated heterocycles. The standard InChI is InChI=1S/C16H12ClFN2O6S/c1-25-15(21)8-20-13-5-3-10(7-14(13)26-16(20)22)27(23,24)19-9-2-4-12(18)11(17)6-9/h2-7,19H,8H2,1H3. The molecule has 0 aliphatic carbocycles. The van der Waals surface area contributed by atoms with E-state index >= 15 is 0 Å². The number of sulfonamides is 1. The van der Waals surface area contributed by atoms with Gasteiger partial charge in [-0.1, -0.05) is 11.6 Å². The van der Waals surface area contributed by atoms with Crippen molar-refractivity contribution < 1.29 is 26.8 Å². The van der Waals surface area contributed by atoms with E-state index in [9.17, 15) is 22.4 Å². The second kappa shape index (κ2) is 7.05. The van der Waals surface area contributed by atoms with Crippen molar-refractivity contribution in [2.24, 2.45) is 0 Å². The van der Waals surface area contributed by atoms with Gasteiger partial charge in [0.2, 0.25) is 0 Å². The number of carbonyl (C=O) groups excluding carboxylic acids is 1. The molecule has 3 rings (SSSR count). The molecule has 0 bridgehead atoms. The average Bonchev–Trinajstić information content (AvgIpc) is 2.92. The number of anilines is 1. The topological polar surface area (TPSA) is 108 Å². The number of aromatic nitrogens is 1. The third-order valence-corrected chi connectivity index (χ3v) is 5.31. The van der Waals surface area contributed by atoms with Crippen molar-refractivity contribution in [3.63, 3.8) is 0 Å². The van der Waals surface area contributed by atoms with Crippen LogP contribution in [0.15, 0.2) is 50.5 Å². The van der Waals surface area contributed by atoms with Crippen LogP contribution in [0.2, 0.25) is 5.02 Å². The zero-order valence-electron chi connectivity index (χ0n) is 13.7. The second-order valence-corrected chi connectivity index (χ2v) is 7.48. The Morgan fingerprint density at radius 1 is 1.30 bits per heavy atom. The zero-order chi connectivity index (χ0) is 19.8. The summed E-state index contributed by atoms with van der Waals surface area (Å²) in [5.74, 6) is -2.18. The number of rotatable bonds is 5. The minimum Gasteiger partial charge on any atom is -0.468 e. The van der Waals surface area contributed by atoms with E-state index in [2.05, 4.69) is 9.46 Å². The molecule has 0 atom stereocenters. The Morgan fingerprint density at radius 2 is 2.04 bits per heavy atom. The Bertz CT molecular complexity index is 1200. The van der Waals surface area contributed by atoms with Crippen molar-refractivity contribution >= 4 is 44.4 Å². The molecular weight excluding hydrogens is 403 g/mol. The number of fused-ring (bicyclic) bond motifs is 1. The molecule has 2 aromatic carbocycles. The van der Waals surface area contributed by atoms with Crippen LogP contribution in [0.1, 0.15) is 0 Å². The van der Waals surface area contributed by atoms with Gasteiger partial charge in [0.1, 0.15) is 12.4 Å². The number of hydrogen-bond donors (Lipinski definition) is 1. The molecule has 8 nitrogen and oxygen atoms in total. The van der Waals surface area contributed by atoms with Crippen molar-refractivity contribution in [2.75, 3.05) is 11.8 Å². The normalized spacial score (nSPS) is 11.5. The first-order valence-electron chi connectivity index (χ1n) is 7.39. The smallest absolute Gasteiger partial charge is 0.420 e. The molecule has 0 spiro atoms. The summed E-state index contributed by atoms with van der Waals surface area (Å²) in [6.07, 6.45) is 0. The zero-order valence-corrected chi connectivity index (χ0v) is 15.3. The number of methoxy groups -OCH3 is 1. The third-order valence-electron chi connectivity index (χ3n) is 3.64. The van der Waals surface area contributed by atoms with Crippen LogP contribution in [0.4, 0.5) is 10.1 Å². The third kappa shape index (κ3) is 3.81. The Kier molecular flexibility index (Phi) is 4.94. The molecule has 0 unspecified atom stereocenters. The molecule has 27 heavy (non-hydrogen) atoms. The highest BCUT2D eigenvalue weighted by molar-refractivity contribution is 7.92. The summed E-state index contributed by atoms with van der Waals surface area (Å²) in [6, 6.07) is 7.06. The molecule has 0 saturated carbocycles. The van der Waals surface area contributed by atoms with Crippen LogP contribution in [0.3, 0.4) is 0 Å². The molecule has 0 aliphatic rings. The lowest BCUT2D eigenvalue weighted by atomic mass is 10.3. The molecule has 11 heteroatoms. The van der Waals surface area contributed by atoms with Gasteiger partial charge < -0.3 is 9.15 Å². The van der Waals surface area contributed by atoms with Gasteiger partial charge in [0, 0.05) is 6.07 Å². The van der Waals surface area contributed by atoms with Crippen LogP contribution < -0.4 is 10.5 Å². The first-order valence-corrected chi connectivity index (χ1v) is 9.25. The molecule has 1 aromatic heterocycles. The highest BCUT2D eigenvalue weighted by Crippen LogP contribution is 2.24. The Morgan fingerprint density at radius 3 is 2.70 bits per heavy atom. The minimum atomic E-state index is -4.06. The summed E-state index contributed by atoms with van der Waals surface area (Å²) in [5, 5.41) is -0.239. The number of oxazole rings is 1. The van der Waals surface area contributed by atoms with E-state index in [0.717, 1.165) is 22.8 Å². The molecule has 3 aromatic rings. The fourth-order valence-electron chi connectivity index (χ4n) is 2.33. The van der Waals surface area contributed by atoms with Crippen LogP contribution >= 0.6 is 11.6 Å². The molecule has 0 fully saturated rings. The van der Waals surface area contributed by atoms with Crippen molar-refractivity contribution in [2.45, 2.75) is 11.4 Å². The fourth-order valence-corrected chi connectivity index (χ4v) is 3.58. The van der Waals surface area contributed by atoms with Gasteiger partial charge in [-0.05, 0) is 30.3 Å². The van der Waals surface area contributed by atoms with Crippen molar-refractivity contribution in [1.29, 1.82) is 0 Å². The number of ether oxygens (including phenoxy) is 1. The molecule has 142 valence electrons. The van der Waals surface area contributed by atoms with Crippen LogP contribution in [0, 0.1) is 5.82 Å². The highest BCUT2D eigenvalue weighted by atomic mass is 35.5. The first kappa shape index (κ1) is 18.9. The summed E-state index contributed by atoms with van der Waals surface area (Å²) >= 11 is 5.64. The lowest BCUT2D eigenvalue weighted by Crippen LogP contribution is -2.20. The largest absolute Gasteiger partial charge is 0.468 e. The maximum absolute atomic E-state index is 13.2. The highest BCUT2D eigenvalue weighted by Gasteiger charge is 2.19. The van der Waals surface area contributed by atoms with Crippen molar-refractivity contribution in [3.05, 3.63) is 57.8 Å². The summed E-state index contributed by atoms with van der Waals surface area (Å²) in [7, 11) is -2.89. The number of carbonyl (C=O) groups is 1. The van der Waals surface area contributed by atoms with E-state index in [1.807, 2.05) is 0 Å². The van der Waals surface area contributed by atoms with Gasteiger partial charge in [-0.25, -0.2) is 17.6 Å². The Hall–Kier alpha value is -2.85. The number of benzene rings is 2. The van der Waals surface area contributed by atoms with Gasteiger partial charge >= 0.3 is 11.7 Å². The first-order chi connectivity index (χ1) is 12.7. The number of nitrogens with one attached hydrogen (secondary N) is 1. The lowest BCUT2D eigenvalue weighted by molar-refractivity contribution is -0.141. The van der Waals surface area contributed by atoms with E-state index in [1.165, 1.54) is 25.3 Å².